The summed E-state index contributed by atoms with van der Waals surface area (Å²) in [5.41, 5.74) is 0.945. The first-order chi connectivity index (χ1) is 8.61. The molecule has 0 bridgehead atoms. The van der Waals surface area contributed by atoms with E-state index in [-0.39, 0.29) is 5.82 Å². The maximum Gasteiger partial charge on any atom is 0.123 e. The minimum Gasteiger partial charge on any atom is -0.207 e. The lowest BCUT2D eigenvalue weighted by Gasteiger charge is -1.96. The number of hydrogen-bond acceptors (Lipinski definition) is 0. The Morgan fingerprint density at radius 1 is 0.778 bits per heavy atom. The molecule has 0 amide bonds. The van der Waals surface area contributed by atoms with E-state index in [0.29, 0.717) is 0 Å². The average Bonchev–Trinajstić information content (AvgIpc) is 2.40. The average molecular weight is 287 g/mol. The molecule has 98 valence electrons. The van der Waals surface area contributed by atoms with E-state index < -0.39 is 0 Å². The maximum atomic E-state index is 11.9. The summed E-state index contributed by atoms with van der Waals surface area (Å²) in [4.78, 5) is 0. The van der Waals surface area contributed by atoms with E-state index in [1.54, 1.807) is 18.2 Å². The molecule has 0 radical (unpaired) electrons. The molecule has 3 heteroatoms. The molecule has 0 unspecified atom stereocenters. The highest BCUT2D eigenvalue weighted by molar-refractivity contribution is 6.35. The summed E-state index contributed by atoms with van der Waals surface area (Å²) >= 11 is 11.5. The van der Waals surface area contributed by atoms with Crippen molar-refractivity contribution >= 4 is 23.2 Å². The van der Waals surface area contributed by atoms with Crippen molar-refractivity contribution in [1.82, 2.24) is 0 Å². The van der Waals surface area contributed by atoms with Gasteiger partial charge in [-0.1, -0.05) is 61.3 Å². The number of rotatable bonds is 0. The van der Waals surface area contributed by atoms with Gasteiger partial charge in [-0.3, -0.25) is 0 Å². The summed E-state index contributed by atoms with van der Waals surface area (Å²) in [6.45, 7) is 5.89. The Morgan fingerprint density at radius 2 is 1.22 bits per heavy atom. The van der Waals surface area contributed by atoms with Crippen LogP contribution in [0, 0.1) is 12.7 Å². The first-order valence-corrected chi connectivity index (χ1v) is 6.48. The molecular weight excluding hydrogens is 270 g/mol. The quantitative estimate of drug-likeness (QED) is 0.544. The third kappa shape index (κ3) is 6.63. The van der Waals surface area contributed by atoms with E-state index in [1.807, 2.05) is 39.0 Å². The van der Waals surface area contributed by atoms with Crippen LogP contribution >= 0.6 is 23.2 Å². The minimum absolute atomic E-state index is 0.178. The molecule has 2 aromatic carbocycles. The Kier molecular flexibility index (Phi) is 9.35. The lowest BCUT2D eigenvalue weighted by molar-refractivity contribution is 0.628. The van der Waals surface area contributed by atoms with Crippen molar-refractivity contribution in [3.05, 3.63) is 70.0 Å². The molecule has 0 atom stereocenters. The zero-order valence-electron chi connectivity index (χ0n) is 10.8. The molecular formula is C15H17Cl2F. The highest BCUT2D eigenvalue weighted by Crippen LogP contribution is 2.22. The van der Waals surface area contributed by atoms with Gasteiger partial charge < -0.3 is 0 Å². The van der Waals surface area contributed by atoms with Gasteiger partial charge >= 0.3 is 0 Å². The van der Waals surface area contributed by atoms with Crippen LogP contribution in [0.15, 0.2) is 48.5 Å². The van der Waals surface area contributed by atoms with Gasteiger partial charge in [-0.25, -0.2) is 4.39 Å². The zero-order chi connectivity index (χ0) is 14.0. The normalized spacial score (nSPS) is 8.56. The molecule has 0 aliphatic rings. The summed E-state index contributed by atoms with van der Waals surface area (Å²) in [5, 5.41) is 1.45. The van der Waals surface area contributed by atoms with Crippen LogP contribution < -0.4 is 0 Å². The molecule has 0 fully saturated rings. The third-order valence-electron chi connectivity index (χ3n) is 1.93. The second-order valence-electron chi connectivity index (χ2n) is 3.14. The fourth-order valence-electron chi connectivity index (χ4n) is 0.996. The molecule has 0 saturated heterocycles. The van der Waals surface area contributed by atoms with E-state index >= 15 is 0 Å². The topological polar surface area (TPSA) is 0 Å². The first-order valence-electron chi connectivity index (χ1n) is 5.72. The highest BCUT2D eigenvalue weighted by Gasteiger charge is 1.96. The van der Waals surface area contributed by atoms with Gasteiger partial charge in [0.05, 0.1) is 0 Å². The van der Waals surface area contributed by atoms with Crippen molar-refractivity contribution in [2.45, 2.75) is 20.8 Å². The molecule has 2 rings (SSSR count). The number of hydrogen-bond donors (Lipinski definition) is 0. The van der Waals surface area contributed by atoms with Crippen molar-refractivity contribution in [3.8, 4) is 0 Å². The Labute approximate surface area is 118 Å². The van der Waals surface area contributed by atoms with E-state index in [1.165, 1.54) is 12.1 Å². The van der Waals surface area contributed by atoms with Gasteiger partial charge in [-0.05, 0) is 36.8 Å². The molecule has 0 aromatic heterocycles. The largest absolute Gasteiger partial charge is 0.207 e. The van der Waals surface area contributed by atoms with Crippen LogP contribution in [0.1, 0.15) is 19.4 Å². The summed E-state index contributed by atoms with van der Waals surface area (Å²) in [6, 6.07) is 13.4. The Bertz CT molecular complexity index is 421. The molecule has 0 nitrogen and oxygen atoms in total. The van der Waals surface area contributed by atoms with E-state index in [4.69, 9.17) is 23.2 Å². The van der Waals surface area contributed by atoms with Crippen LogP contribution in [0.2, 0.25) is 10.0 Å². The van der Waals surface area contributed by atoms with Crippen LogP contribution in [0.3, 0.4) is 0 Å². The summed E-state index contributed by atoms with van der Waals surface area (Å²) in [7, 11) is 0. The molecule has 18 heavy (non-hydrogen) atoms. The molecule has 0 saturated carbocycles. The molecule has 0 heterocycles. The highest BCUT2D eigenvalue weighted by atomic mass is 35.5. The fraction of sp³-hybridized carbons (Fsp3) is 0.200. The van der Waals surface area contributed by atoms with Crippen molar-refractivity contribution < 1.29 is 4.39 Å². The molecule has 0 spiro atoms. The first kappa shape index (κ1) is 16.9. The van der Waals surface area contributed by atoms with Gasteiger partial charge in [0.15, 0.2) is 0 Å². The Balaban J connectivity index is 0.000000289. The predicted molar refractivity (Wildman–Crippen MR) is 78.9 cm³/mol. The predicted octanol–water partition coefficient (Wildman–Crippen LogP) is 6.15. The molecule has 0 aliphatic carbocycles. The van der Waals surface area contributed by atoms with Crippen molar-refractivity contribution in [1.29, 1.82) is 0 Å². The Hall–Kier alpha value is -1.05. The molecule has 0 N–H and O–H groups in total. The second-order valence-corrected chi connectivity index (χ2v) is 3.96. The zero-order valence-corrected chi connectivity index (χ0v) is 12.3. The van der Waals surface area contributed by atoms with Crippen LogP contribution in [0.25, 0.3) is 0 Å². The van der Waals surface area contributed by atoms with Crippen molar-refractivity contribution in [2.24, 2.45) is 0 Å². The summed E-state index contributed by atoms with van der Waals surface area (Å²) in [6.07, 6.45) is 0. The lowest BCUT2D eigenvalue weighted by atomic mass is 10.2. The van der Waals surface area contributed by atoms with Gasteiger partial charge in [0.25, 0.3) is 0 Å². The fourth-order valence-corrected chi connectivity index (χ4v) is 1.39. The lowest BCUT2D eigenvalue weighted by Crippen LogP contribution is -1.73. The van der Waals surface area contributed by atoms with Crippen LogP contribution in [0.4, 0.5) is 4.39 Å². The standard InChI is InChI=1S/C7H6Cl2.C6H5F.C2H6/c1-5-6(8)3-2-4-7(5)9;7-6-4-2-1-3-5-6;1-2/h2-4H,1H3;1-5H;1-2H3. The van der Waals surface area contributed by atoms with E-state index in [2.05, 4.69) is 0 Å². The number of benzene rings is 2. The van der Waals surface area contributed by atoms with Crippen LogP contribution in [-0.4, -0.2) is 0 Å². The van der Waals surface area contributed by atoms with Gasteiger partial charge in [0.2, 0.25) is 0 Å². The van der Waals surface area contributed by atoms with Gasteiger partial charge in [-0.15, -0.1) is 0 Å². The van der Waals surface area contributed by atoms with Crippen LogP contribution in [0.5, 0.6) is 0 Å². The van der Waals surface area contributed by atoms with Gasteiger partial charge in [0, 0.05) is 10.0 Å². The SMILES string of the molecule is CC.Cc1c(Cl)cccc1Cl.Fc1ccccc1. The van der Waals surface area contributed by atoms with Crippen molar-refractivity contribution in [3.63, 3.8) is 0 Å². The van der Waals surface area contributed by atoms with E-state index in [9.17, 15) is 4.39 Å². The van der Waals surface area contributed by atoms with E-state index in [0.717, 1.165) is 15.6 Å². The third-order valence-corrected chi connectivity index (χ3v) is 2.75. The van der Waals surface area contributed by atoms with Gasteiger partial charge in [0.1, 0.15) is 5.82 Å². The smallest absolute Gasteiger partial charge is 0.123 e. The second kappa shape index (κ2) is 9.93. The van der Waals surface area contributed by atoms with Gasteiger partial charge in [-0.2, -0.15) is 0 Å². The molecule has 0 aliphatic heterocycles. The summed E-state index contributed by atoms with van der Waals surface area (Å²) < 4.78 is 11.9. The monoisotopic (exact) mass is 286 g/mol. The summed E-state index contributed by atoms with van der Waals surface area (Å²) in [5.74, 6) is -0.178. The number of halogens is 3. The molecule has 2 aromatic rings. The minimum atomic E-state index is -0.178. The van der Waals surface area contributed by atoms with Crippen LogP contribution in [-0.2, 0) is 0 Å². The maximum absolute atomic E-state index is 11.9. The Morgan fingerprint density at radius 3 is 1.50 bits per heavy atom. The van der Waals surface area contributed by atoms with Crippen molar-refractivity contribution in [2.75, 3.05) is 0 Å².